The molecule has 14 rings (SSSR count). The van der Waals surface area contributed by atoms with Crippen molar-refractivity contribution in [3.63, 3.8) is 0 Å². The van der Waals surface area contributed by atoms with Crippen molar-refractivity contribution in [2.75, 3.05) is 11.9 Å². The maximum absolute atomic E-state index is 2.44. The molecule has 0 unspecified atom stereocenters. The van der Waals surface area contributed by atoms with Crippen LogP contribution in [0.5, 0.6) is 0 Å². The highest BCUT2D eigenvalue weighted by Crippen LogP contribution is 2.41. The summed E-state index contributed by atoms with van der Waals surface area (Å²) < 4.78 is 9.77. The fourth-order valence-electron chi connectivity index (χ4n) is 11.0. The van der Waals surface area contributed by atoms with Crippen LogP contribution in [0.1, 0.15) is 0 Å². The molecule has 0 saturated carbocycles. The molecule has 5 heteroatoms. The Morgan fingerprint density at radius 2 is 0.394 bits per heavy atom. The van der Waals surface area contributed by atoms with Gasteiger partial charge in [0.25, 0.3) is 0 Å². The Kier molecular flexibility index (Phi) is 7.83. The smallest absolute Gasteiger partial charge is 0.0541 e. The van der Waals surface area contributed by atoms with Gasteiger partial charge in [0.1, 0.15) is 0 Å². The van der Waals surface area contributed by atoms with Crippen LogP contribution < -0.4 is 4.90 Å². The molecule has 0 atom stereocenters. The van der Waals surface area contributed by atoms with Crippen molar-refractivity contribution >= 4 is 98.6 Å². The lowest BCUT2D eigenvalue weighted by atomic mass is 10.1. The molecule has 5 nitrogen and oxygen atoms in total. The maximum Gasteiger partial charge on any atom is 0.0541 e. The van der Waals surface area contributed by atoms with Gasteiger partial charge in [0.15, 0.2) is 0 Å². The van der Waals surface area contributed by atoms with Gasteiger partial charge in [0, 0.05) is 61.5 Å². The van der Waals surface area contributed by atoms with Crippen LogP contribution in [-0.2, 0) is 0 Å². The Morgan fingerprint density at radius 1 is 0.227 bits per heavy atom. The number of aromatic nitrogens is 4. The molecule has 0 saturated heterocycles. The minimum absolute atomic E-state index is 1.07. The predicted octanol–water partition coefficient (Wildman–Crippen LogP) is 15.8. The summed E-state index contributed by atoms with van der Waals surface area (Å²) in [7, 11) is 2.22. The molecule has 10 aromatic carbocycles. The van der Waals surface area contributed by atoms with Gasteiger partial charge in [0.05, 0.1) is 66.9 Å². The van der Waals surface area contributed by atoms with Crippen molar-refractivity contribution in [1.82, 2.24) is 18.3 Å². The van der Waals surface area contributed by atoms with Crippen LogP contribution in [0.4, 0.5) is 11.4 Å². The Bertz CT molecular complexity index is 3520. The number of nitrogens with zero attached hydrogens (tertiary/aromatic N) is 5. The van der Waals surface area contributed by atoms with E-state index in [0.29, 0.717) is 0 Å². The number of anilines is 2. The average Bonchev–Trinajstić information content (AvgIpc) is 4.11. The minimum Gasteiger partial charge on any atom is -0.344 e. The second-order valence-corrected chi connectivity index (χ2v) is 17.5. The molecule has 4 aromatic heterocycles. The average molecular weight is 844 g/mol. The van der Waals surface area contributed by atoms with E-state index in [0.717, 1.165) is 34.1 Å². The molecule has 0 aliphatic carbocycles. The highest BCUT2D eigenvalue weighted by molar-refractivity contribution is 6.12. The van der Waals surface area contributed by atoms with Crippen LogP contribution in [0.25, 0.3) is 110 Å². The zero-order valence-electron chi connectivity index (χ0n) is 36.2. The minimum atomic E-state index is 1.07. The summed E-state index contributed by atoms with van der Waals surface area (Å²) in [5.41, 5.74) is 15.9. The lowest BCUT2D eigenvalue weighted by Gasteiger charge is -2.25. The Labute approximate surface area is 380 Å². The predicted molar refractivity (Wildman–Crippen MR) is 278 cm³/mol. The lowest BCUT2D eigenvalue weighted by Crippen LogP contribution is -2.13. The van der Waals surface area contributed by atoms with Crippen LogP contribution in [0.15, 0.2) is 231 Å². The highest BCUT2D eigenvalue weighted by atomic mass is 15.1. The van der Waals surface area contributed by atoms with Gasteiger partial charge in [-0.3, -0.25) is 0 Å². The molecular weight excluding hydrogens is 803 g/mol. The van der Waals surface area contributed by atoms with Crippen molar-refractivity contribution in [1.29, 1.82) is 0 Å². The van der Waals surface area contributed by atoms with Gasteiger partial charge >= 0.3 is 0 Å². The van der Waals surface area contributed by atoms with Gasteiger partial charge in [-0.1, -0.05) is 146 Å². The molecule has 0 bridgehead atoms. The standard InChI is InChI=1S/C61H41N5/c1-62(40-34-42(63-54-26-10-2-18-46(54)47-19-3-11-27-55(47)63)38-43(35-40)64-56-28-12-4-20-48(56)49-21-5-13-29-57(49)64)41-36-44(65-58-30-14-6-22-50(58)51-23-7-15-31-59(51)65)39-45(37-41)66-60-32-16-8-24-52(60)53-25-9-17-33-61(53)66/h2-39H,1H3. The first-order chi connectivity index (χ1) is 32.7. The van der Waals surface area contributed by atoms with Crippen molar-refractivity contribution < 1.29 is 0 Å². The summed E-state index contributed by atoms with van der Waals surface area (Å²) in [4.78, 5) is 2.38. The molecular formula is C61H41N5. The van der Waals surface area contributed by atoms with Crippen LogP contribution >= 0.6 is 0 Å². The monoisotopic (exact) mass is 843 g/mol. The third-order valence-corrected chi connectivity index (χ3v) is 13.9. The van der Waals surface area contributed by atoms with E-state index < -0.39 is 0 Å². The summed E-state index contributed by atoms with van der Waals surface area (Å²) in [6.45, 7) is 0. The third kappa shape index (κ3) is 5.28. The molecule has 14 aromatic rings. The summed E-state index contributed by atoms with van der Waals surface area (Å²) in [5, 5.41) is 9.89. The fourth-order valence-corrected chi connectivity index (χ4v) is 11.0. The van der Waals surface area contributed by atoms with E-state index in [2.05, 4.69) is 261 Å². The molecule has 0 amide bonds. The van der Waals surface area contributed by atoms with Crippen molar-refractivity contribution in [2.24, 2.45) is 0 Å². The SMILES string of the molecule is CN(c1cc(-n2c3ccccc3c3ccccc32)cc(-n2c3ccccc3c3ccccc32)c1)c1cc(-n2c3ccccc3c3ccccc32)cc(-n2c3ccccc3c3ccccc32)c1. The molecule has 66 heavy (non-hydrogen) atoms. The Morgan fingerprint density at radius 3 is 0.576 bits per heavy atom. The number of fused-ring (bicyclic) bond motifs is 12. The number of benzene rings is 10. The van der Waals surface area contributed by atoms with Gasteiger partial charge in [-0.05, 0) is 84.9 Å². The van der Waals surface area contributed by atoms with Crippen molar-refractivity contribution in [3.8, 4) is 22.7 Å². The number of hydrogen-bond acceptors (Lipinski definition) is 1. The molecule has 4 heterocycles. The van der Waals surface area contributed by atoms with E-state index in [1.54, 1.807) is 0 Å². The number of rotatable bonds is 6. The number of hydrogen-bond donors (Lipinski definition) is 0. The van der Waals surface area contributed by atoms with E-state index >= 15 is 0 Å². The molecule has 0 fully saturated rings. The highest BCUT2D eigenvalue weighted by Gasteiger charge is 2.21. The molecule has 0 aliphatic rings. The van der Waals surface area contributed by atoms with Crippen LogP contribution in [-0.4, -0.2) is 25.3 Å². The Balaban J connectivity index is 1.07. The van der Waals surface area contributed by atoms with E-state index in [-0.39, 0.29) is 0 Å². The quantitative estimate of drug-likeness (QED) is 0.164. The largest absolute Gasteiger partial charge is 0.344 e. The van der Waals surface area contributed by atoms with E-state index in [1.807, 2.05) is 0 Å². The fraction of sp³-hybridized carbons (Fsp3) is 0.0164. The van der Waals surface area contributed by atoms with E-state index in [9.17, 15) is 0 Å². The van der Waals surface area contributed by atoms with Gasteiger partial charge in [0.2, 0.25) is 0 Å². The summed E-state index contributed by atoms with van der Waals surface area (Å²) in [5.74, 6) is 0. The zero-order valence-corrected chi connectivity index (χ0v) is 36.2. The normalized spacial score (nSPS) is 12.0. The molecule has 0 aliphatic heterocycles. The first kappa shape index (κ1) is 36.7. The van der Waals surface area contributed by atoms with Gasteiger partial charge in [-0.2, -0.15) is 0 Å². The van der Waals surface area contributed by atoms with Crippen LogP contribution in [0.2, 0.25) is 0 Å². The second kappa shape index (κ2) is 14.1. The van der Waals surface area contributed by atoms with Crippen molar-refractivity contribution in [2.45, 2.75) is 0 Å². The topological polar surface area (TPSA) is 23.0 Å². The molecule has 0 spiro atoms. The maximum atomic E-state index is 2.44. The summed E-state index contributed by atoms with van der Waals surface area (Å²) in [6, 6.07) is 84.5. The molecule has 0 radical (unpaired) electrons. The van der Waals surface area contributed by atoms with Gasteiger partial charge in [-0.15, -0.1) is 0 Å². The van der Waals surface area contributed by atoms with E-state index in [4.69, 9.17) is 0 Å². The zero-order chi connectivity index (χ0) is 43.5. The van der Waals surface area contributed by atoms with Crippen LogP contribution in [0, 0.1) is 0 Å². The number of para-hydroxylation sites is 8. The molecule has 310 valence electrons. The second-order valence-electron chi connectivity index (χ2n) is 17.5. The summed E-state index contributed by atoms with van der Waals surface area (Å²) >= 11 is 0. The third-order valence-electron chi connectivity index (χ3n) is 13.9. The van der Waals surface area contributed by atoms with E-state index in [1.165, 1.54) is 87.2 Å². The van der Waals surface area contributed by atoms with Crippen LogP contribution in [0.3, 0.4) is 0 Å². The summed E-state index contributed by atoms with van der Waals surface area (Å²) in [6.07, 6.45) is 0. The first-order valence-electron chi connectivity index (χ1n) is 22.7. The first-order valence-corrected chi connectivity index (χ1v) is 22.7. The van der Waals surface area contributed by atoms with Crippen molar-refractivity contribution in [3.05, 3.63) is 231 Å². The molecule has 0 N–H and O–H groups in total. The van der Waals surface area contributed by atoms with Gasteiger partial charge < -0.3 is 23.2 Å². The Hall–Kier alpha value is -8.80. The van der Waals surface area contributed by atoms with Gasteiger partial charge in [-0.25, -0.2) is 0 Å². The lowest BCUT2D eigenvalue weighted by molar-refractivity contribution is 1.10.